The molecule has 2 rings (SSSR count). The van der Waals surface area contributed by atoms with E-state index >= 15 is 0 Å². The van der Waals surface area contributed by atoms with Gasteiger partial charge in [-0.05, 0) is 58.2 Å². The van der Waals surface area contributed by atoms with Crippen LogP contribution in [0.2, 0.25) is 0 Å². The van der Waals surface area contributed by atoms with Crippen molar-refractivity contribution < 1.29 is 19.9 Å². The zero-order valence-electron chi connectivity index (χ0n) is 16.6. The Morgan fingerprint density at radius 2 is 1.15 bits per heavy atom. The lowest BCUT2D eigenvalue weighted by Gasteiger charge is -2.31. The van der Waals surface area contributed by atoms with Crippen LogP contribution < -0.4 is 0 Å². The summed E-state index contributed by atoms with van der Waals surface area (Å²) >= 11 is 0. The lowest BCUT2D eigenvalue weighted by atomic mass is 9.93. The summed E-state index contributed by atoms with van der Waals surface area (Å²) in [6.45, 7) is 11.6. The quantitative estimate of drug-likeness (QED) is 0.492. The van der Waals surface area contributed by atoms with Crippen LogP contribution in [0, 0.1) is 0 Å². The largest absolute Gasteiger partial charge is 0.251 e. The normalized spacial score (nSPS) is 13.0. The van der Waals surface area contributed by atoms with Crippen molar-refractivity contribution in [2.75, 3.05) is 0 Å². The SMILES string of the molecule is CC(C)(Cc1ccc(C(C)(C)OOC(C)(C)c2ccccc2)cc1)OO. The zero-order valence-corrected chi connectivity index (χ0v) is 16.6. The monoisotopic (exact) mass is 358 g/mol. The van der Waals surface area contributed by atoms with E-state index in [1.165, 1.54) is 0 Å². The highest BCUT2D eigenvalue weighted by Gasteiger charge is 2.29. The highest BCUT2D eigenvalue weighted by Crippen LogP contribution is 2.31. The van der Waals surface area contributed by atoms with Crippen LogP contribution in [0.15, 0.2) is 54.6 Å². The summed E-state index contributed by atoms with van der Waals surface area (Å²) in [7, 11) is 0. The van der Waals surface area contributed by atoms with E-state index in [1.54, 1.807) is 0 Å². The summed E-state index contributed by atoms with van der Waals surface area (Å²) in [6, 6.07) is 18.1. The maximum Gasteiger partial charge on any atom is 0.123 e. The first-order valence-electron chi connectivity index (χ1n) is 8.90. The molecule has 2 aromatic rings. The lowest BCUT2D eigenvalue weighted by molar-refractivity contribution is -0.410. The third kappa shape index (κ3) is 5.39. The second-order valence-corrected chi connectivity index (χ2v) is 8.28. The van der Waals surface area contributed by atoms with Gasteiger partial charge in [0.05, 0.1) is 0 Å². The van der Waals surface area contributed by atoms with Gasteiger partial charge in [-0.3, -0.25) is 5.26 Å². The molecule has 4 heteroatoms. The second-order valence-electron chi connectivity index (χ2n) is 8.28. The molecule has 0 atom stereocenters. The summed E-state index contributed by atoms with van der Waals surface area (Å²) in [6.07, 6.45) is 0.614. The number of hydrogen-bond donors (Lipinski definition) is 1. The minimum absolute atomic E-state index is 0.555. The van der Waals surface area contributed by atoms with Gasteiger partial charge in [0.25, 0.3) is 0 Å². The highest BCUT2D eigenvalue weighted by molar-refractivity contribution is 5.27. The summed E-state index contributed by atoms with van der Waals surface area (Å²) in [4.78, 5) is 16.2. The summed E-state index contributed by atoms with van der Waals surface area (Å²) in [5, 5.41) is 8.94. The van der Waals surface area contributed by atoms with Crippen molar-refractivity contribution in [1.82, 2.24) is 0 Å². The van der Waals surface area contributed by atoms with Gasteiger partial charge in [0.15, 0.2) is 0 Å². The van der Waals surface area contributed by atoms with Crippen LogP contribution >= 0.6 is 0 Å². The molecule has 0 aromatic heterocycles. The fraction of sp³-hybridized carbons (Fsp3) is 0.455. The number of rotatable bonds is 8. The standard InChI is InChI=1S/C22H30O4/c1-20(2,24-23)16-17-12-14-19(15-13-17)22(5,6)26-25-21(3,4)18-10-8-7-9-11-18/h7-15,23H,16H2,1-6H3. The summed E-state index contributed by atoms with van der Waals surface area (Å²) < 4.78 is 0. The molecule has 0 bridgehead atoms. The van der Waals surface area contributed by atoms with E-state index in [9.17, 15) is 0 Å². The second kappa shape index (κ2) is 7.89. The molecule has 0 spiro atoms. The Labute approximate surface area is 156 Å². The molecule has 0 saturated heterocycles. The average molecular weight is 358 g/mol. The van der Waals surface area contributed by atoms with Gasteiger partial charge in [0.1, 0.15) is 16.8 Å². The topological polar surface area (TPSA) is 47.9 Å². The van der Waals surface area contributed by atoms with Gasteiger partial charge >= 0.3 is 0 Å². The molecule has 26 heavy (non-hydrogen) atoms. The van der Waals surface area contributed by atoms with Crippen LogP contribution in [-0.2, 0) is 32.3 Å². The van der Waals surface area contributed by atoms with Crippen LogP contribution in [-0.4, -0.2) is 10.9 Å². The minimum atomic E-state index is -0.615. The van der Waals surface area contributed by atoms with E-state index in [-0.39, 0.29) is 0 Å². The van der Waals surface area contributed by atoms with Crippen molar-refractivity contribution in [2.24, 2.45) is 0 Å². The minimum Gasteiger partial charge on any atom is -0.251 e. The average Bonchev–Trinajstić information content (AvgIpc) is 2.61. The molecule has 2 aromatic carbocycles. The Kier molecular flexibility index (Phi) is 6.25. The van der Waals surface area contributed by atoms with Crippen molar-refractivity contribution in [3.8, 4) is 0 Å². The van der Waals surface area contributed by atoms with Gasteiger partial charge in [-0.25, -0.2) is 14.7 Å². The van der Waals surface area contributed by atoms with Gasteiger partial charge in [-0.1, -0.05) is 54.6 Å². The van der Waals surface area contributed by atoms with Crippen molar-refractivity contribution >= 4 is 0 Å². The van der Waals surface area contributed by atoms with E-state index in [1.807, 2.05) is 96.1 Å². The molecule has 0 amide bonds. The fourth-order valence-electron chi connectivity index (χ4n) is 2.69. The van der Waals surface area contributed by atoms with Crippen LogP contribution in [0.5, 0.6) is 0 Å². The van der Waals surface area contributed by atoms with Crippen LogP contribution in [0.3, 0.4) is 0 Å². The molecular weight excluding hydrogens is 328 g/mol. The first kappa shape index (κ1) is 20.6. The van der Waals surface area contributed by atoms with Crippen LogP contribution in [0.4, 0.5) is 0 Å². The molecule has 0 heterocycles. The van der Waals surface area contributed by atoms with Crippen molar-refractivity contribution in [3.05, 3.63) is 71.3 Å². The number of hydrogen-bond acceptors (Lipinski definition) is 4. The molecule has 0 aliphatic heterocycles. The summed E-state index contributed by atoms with van der Waals surface area (Å²) in [5.74, 6) is 0. The smallest absolute Gasteiger partial charge is 0.123 e. The Balaban J connectivity index is 2.05. The van der Waals surface area contributed by atoms with Crippen LogP contribution in [0.1, 0.15) is 58.2 Å². The van der Waals surface area contributed by atoms with E-state index in [2.05, 4.69) is 4.89 Å². The third-order valence-electron chi connectivity index (χ3n) is 4.45. The number of benzene rings is 2. The molecule has 0 radical (unpaired) electrons. The molecule has 1 N–H and O–H groups in total. The predicted octanol–water partition coefficient (Wildman–Crippen LogP) is 5.62. The molecule has 0 aliphatic rings. The molecule has 0 saturated carbocycles. The highest BCUT2D eigenvalue weighted by atomic mass is 17.2. The lowest BCUT2D eigenvalue weighted by Crippen LogP contribution is -2.29. The Hall–Kier alpha value is -1.72. The Morgan fingerprint density at radius 3 is 1.62 bits per heavy atom. The predicted molar refractivity (Wildman–Crippen MR) is 103 cm³/mol. The molecule has 4 nitrogen and oxygen atoms in total. The molecule has 0 unspecified atom stereocenters. The van der Waals surface area contributed by atoms with Gasteiger partial charge in [0.2, 0.25) is 0 Å². The molecule has 142 valence electrons. The molecule has 0 aliphatic carbocycles. The fourth-order valence-corrected chi connectivity index (χ4v) is 2.69. The van der Waals surface area contributed by atoms with E-state index in [4.69, 9.17) is 15.0 Å². The molecular formula is C22H30O4. The summed E-state index contributed by atoms with van der Waals surface area (Å²) in [5.41, 5.74) is 1.37. The molecule has 0 fully saturated rings. The first-order chi connectivity index (χ1) is 12.1. The van der Waals surface area contributed by atoms with Crippen molar-refractivity contribution in [2.45, 2.75) is 64.8 Å². The maximum absolute atomic E-state index is 8.94. The van der Waals surface area contributed by atoms with Gasteiger partial charge in [-0.2, -0.15) is 0 Å². The van der Waals surface area contributed by atoms with Gasteiger partial charge in [0, 0.05) is 6.42 Å². The van der Waals surface area contributed by atoms with Crippen molar-refractivity contribution in [1.29, 1.82) is 0 Å². The van der Waals surface area contributed by atoms with E-state index in [0.29, 0.717) is 6.42 Å². The zero-order chi connectivity index (χ0) is 19.4. The maximum atomic E-state index is 8.94. The van der Waals surface area contributed by atoms with Crippen LogP contribution in [0.25, 0.3) is 0 Å². The first-order valence-corrected chi connectivity index (χ1v) is 8.90. The van der Waals surface area contributed by atoms with E-state index in [0.717, 1.165) is 16.7 Å². The van der Waals surface area contributed by atoms with Gasteiger partial charge in [-0.15, -0.1) is 0 Å². The Morgan fingerprint density at radius 1 is 0.692 bits per heavy atom. The van der Waals surface area contributed by atoms with Gasteiger partial charge < -0.3 is 0 Å². The van der Waals surface area contributed by atoms with E-state index < -0.39 is 16.8 Å². The van der Waals surface area contributed by atoms with Crippen molar-refractivity contribution in [3.63, 3.8) is 0 Å². The third-order valence-corrected chi connectivity index (χ3v) is 4.45. The Bertz CT molecular complexity index is 688.